The highest BCUT2D eigenvalue weighted by molar-refractivity contribution is 4.74. The van der Waals surface area contributed by atoms with E-state index in [0.717, 1.165) is 11.8 Å². The van der Waals surface area contributed by atoms with Gasteiger partial charge in [-0.1, -0.05) is 13.8 Å². The van der Waals surface area contributed by atoms with Crippen LogP contribution in [0.1, 0.15) is 46.5 Å². The van der Waals surface area contributed by atoms with Gasteiger partial charge in [-0.3, -0.25) is 0 Å². The summed E-state index contributed by atoms with van der Waals surface area (Å²) in [6.45, 7) is 10.7. The first kappa shape index (κ1) is 14.0. The van der Waals surface area contributed by atoms with E-state index in [1.54, 1.807) is 0 Å². The van der Waals surface area contributed by atoms with Crippen LogP contribution >= 0.6 is 0 Å². The third-order valence-corrected chi connectivity index (χ3v) is 3.65. The van der Waals surface area contributed by atoms with Crippen LogP contribution in [0.5, 0.6) is 0 Å². The van der Waals surface area contributed by atoms with Gasteiger partial charge < -0.3 is 10.2 Å². The zero-order chi connectivity index (χ0) is 12.0. The summed E-state index contributed by atoms with van der Waals surface area (Å²) < 4.78 is 0. The fourth-order valence-electron chi connectivity index (χ4n) is 2.49. The average molecular weight is 226 g/mol. The summed E-state index contributed by atoms with van der Waals surface area (Å²) in [7, 11) is 2.24. The van der Waals surface area contributed by atoms with Crippen molar-refractivity contribution in [1.29, 1.82) is 0 Å². The van der Waals surface area contributed by atoms with E-state index in [-0.39, 0.29) is 0 Å². The van der Waals surface area contributed by atoms with E-state index in [2.05, 4.69) is 38.0 Å². The van der Waals surface area contributed by atoms with Crippen LogP contribution < -0.4 is 5.32 Å². The van der Waals surface area contributed by atoms with Crippen molar-refractivity contribution in [2.75, 3.05) is 26.7 Å². The van der Waals surface area contributed by atoms with Crippen LogP contribution in [-0.2, 0) is 0 Å². The Balaban J connectivity index is 2.08. The zero-order valence-corrected chi connectivity index (χ0v) is 11.6. The first-order valence-corrected chi connectivity index (χ1v) is 7.00. The van der Waals surface area contributed by atoms with Gasteiger partial charge in [-0.2, -0.15) is 0 Å². The molecule has 1 fully saturated rings. The van der Waals surface area contributed by atoms with Crippen molar-refractivity contribution >= 4 is 0 Å². The van der Waals surface area contributed by atoms with E-state index in [4.69, 9.17) is 0 Å². The van der Waals surface area contributed by atoms with Crippen LogP contribution in [0.4, 0.5) is 0 Å². The minimum absolute atomic E-state index is 0.689. The number of rotatable bonds is 6. The SMILES string of the molecule is CC(C)CCC(C)NCC1CCCN(C)C1. The van der Waals surface area contributed by atoms with Gasteiger partial charge in [0.2, 0.25) is 0 Å². The Labute approximate surface area is 102 Å². The summed E-state index contributed by atoms with van der Waals surface area (Å²) in [5, 5.41) is 3.70. The smallest absolute Gasteiger partial charge is 0.00389 e. The maximum Gasteiger partial charge on any atom is 0.00389 e. The molecule has 2 nitrogen and oxygen atoms in total. The van der Waals surface area contributed by atoms with Gasteiger partial charge in [0.1, 0.15) is 0 Å². The second-order valence-electron chi connectivity index (χ2n) is 6.05. The molecule has 16 heavy (non-hydrogen) atoms. The maximum atomic E-state index is 3.70. The summed E-state index contributed by atoms with van der Waals surface area (Å²) in [5.41, 5.74) is 0. The number of nitrogens with one attached hydrogen (secondary N) is 1. The first-order chi connectivity index (χ1) is 7.58. The topological polar surface area (TPSA) is 15.3 Å². The molecule has 0 spiro atoms. The van der Waals surface area contributed by atoms with Crippen LogP contribution in [0.15, 0.2) is 0 Å². The second-order valence-corrected chi connectivity index (χ2v) is 6.05. The van der Waals surface area contributed by atoms with Crippen LogP contribution in [-0.4, -0.2) is 37.6 Å². The van der Waals surface area contributed by atoms with Gasteiger partial charge in [-0.05, 0) is 64.6 Å². The molecule has 0 aromatic carbocycles. The molecule has 0 saturated carbocycles. The molecule has 2 unspecified atom stereocenters. The van der Waals surface area contributed by atoms with Crippen molar-refractivity contribution < 1.29 is 0 Å². The minimum Gasteiger partial charge on any atom is -0.314 e. The molecule has 1 saturated heterocycles. The highest BCUT2D eigenvalue weighted by atomic mass is 15.1. The standard InChI is InChI=1S/C14H30N2/c1-12(2)7-8-13(3)15-10-14-6-5-9-16(4)11-14/h12-15H,5-11H2,1-4H3. The number of nitrogens with zero attached hydrogens (tertiary/aromatic N) is 1. The van der Waals surface area contributed by atoms with E-state index < -0.39 is 0 Å². The lowest BCUT2D eigenvalue weighted by atomic mass is 9.97. The molecule has 0 amide bonds. The van der Waals surface area contributed by atoms with Crippen molar-refractivity contribution in [3.05, 3.63) is 0 Å². The van der Waals surface area contributed by atoms with Gasteiger partial charge in [0.25, 0.3) is 0 Å². The van der Waals surface area contributed by atoms with E-state index in [1.807, 2.05) is 0 Å². The molecule has 1 heterocycles. The number of hydrogen-bond donors (Lipinski definition) is 1. The molecule has 0 aromatic rings. The molecule has 1 aliphatic rings. The van der Waals surface area contributed by atoms with Gasteiger partial charge >= 0.3 is 0 Å². The number of piperidine rings is 1. The molecule has 0 aliphatic carbocycles. The lowest BCUT2D eigenvalue weighted by Gasteiger charge is -2.30. The summed E-state index contributed by atoms with van der Waals surface area (Å²) in [6, 6.07) is 0.689. The van der Waals surface area contributed by atoms with Crippen molar-refractivity contribution in [2.24, 2.45) is 11.8 Å². The Kier molecular flexibility index (Phi) is 6.37. The average Bonchev–Trinajstić information content (AvgIpc) is 2.23. The summed E-state index contributed by atoms with van der Waals surface area (Å²) >= 11 is 0. The Morgan fingerprint density at radius 2 is 2.00 bits per heavy atom. The van der Waals surface area contributed by atoms with Gasteiger partial charge in [0, 0.05) is 12.6 Å². The van der Waals surface area contributed by atoms with Crippen molar-refractivity contribution in [2.45, 2.75) is 52.5 Å². The molecule has 0 radical (unpaired) electrons. The molecular weight excluding hydrogens is 196 g/mol. The van der Waals surface area contributed by atoms with Crippen molar-refractivity contribution in [1.82, 2.24) is 10.2 Å². The quantitative estimate of drug-likeness (QED) is 0.749. The van der Waals surface area contributed by atoms with Crippen LogP contribution in [0.25, 0.3) is 0 Å². The summed E-state index contributed by atoms with van der Waals surface area (Å²) in [5.74, 6) is 1.71. The van der Waals surface area contributed by atoms with Gasteiger partial charge in [-0.15, -0.1) is 0 Å². The number of likely N-dealkylation sites (tertiary alicyclic amines) is 1. The largest absolute Gasteiger partial charge is 0.314 e. The third-order valence-electron chi connectivity index (χ3n) is 3.65. The Morgan fingerprint density at radius 3 is 2.62 bits per heavy atom. The van der Waals surface area contributed by atoms with Gasteiger partial charge in [-0.25, -0.2) is 0 Å². The predicted octanol–water partition coefficient (Wildman–Crippen LogP) is 2.74. The molecule has 2 heteroatoms. The summed E-state index contributed by atoms with van der Waals surface area (Å²) in [6.07, 6.45) is 5.45. The van der Waals surface area contributed by atoms with E-state index in [9.17, 15) is 0 Å². The monoisotopic (exact) mass is 226 g/mol. The second kappa shape index (κ2) is 7.29. The molecule has 96 valence electrons. The third kappa shape index (κ3) is 5.86. The Hall–Kier alpha value is -0.0800. The highest BCUT2D eigenvalue weighted by Gasteiger charge is 2.17. The minimum atomic E-state index is 0.689. The molecule has 2 atom stereocenters. The van der Waals surface area contributed by atoms with Crippen LogP contribution in [0.3, 0.4) is 0 Å². The highest BCUT2D eigenvalue weighted by Crippen LogP contribution is 2.14. The Bertz CT molecular complexity index is 180. The molecule has 1 aliphatic heterocycles. The molecule has 1 N–H and O–H groups in total. The molecular formula is C14H30N2. The van der Waals surface area contributed by atoms with E-state index in [1.165, 1.54) is 45.3 Å². The molecule has 1 rings (SSSR count). The summed E-state index contributed by atoms with van der Waals surface area (Å²) in [4.78, 5) is 2.47. The van der Waals surface area contributed by atoms with E-state index in [0.29, 0.717) is 6.04 Å². The van der Waals surface area contributed by atoms with Gasteiger partial charge in [0.05, 0.1) is 0 Å². The fourth-order valence-corrected chi connectivity index (χ4v) is 2.49. The maximum absolute atomic E-state index is 3.70. The zero-order valence-electron chi connectivity index (χ0n) is 11.6. The Morgan fingerprint density at radius 1 is 1.25 bits per heavy atom. The van der Waals surface area contributed by atoms with Crippen molar-refractivity contribution in [3.8, 4) is 0 Å². The van der Waals surface area contributed by atoms with E-state index >= 15 is 0 Å². The number of hydrogen-bond acceptors (Lipinski definition) is 2. The normalized spacial score (nSPS) is 24.9. The first-order valence-electron chi connectivity index (χ1n) is 7.00. The lowest BCUT2D eigenvalue weighted by Crippen LogP contribution is -2.39. The molecule has 0 aromatic heterocycles. The fraction of sp³-hybridized carbons (Fsp3) is 1.00. The lowest BCUT2D eigenvalue weighted by molar-refractivity contribution is 0.202. The predicted molar refractivity (Wildman–Crippen MR) is 71.8 cm³/mol. The van der Waals surface area contributed by atoms with Crippen LogP contribution in [0, 0.1) is 11.8 Å². The van der Waals surface area contributed by atoms with Crippen LogP contribution in [0.2, 0.25) is 0 Å². The van der Waals surface area contributed by atoms with Gasteiger partial charge in [0.15, 0.2) is 0 Å². The molecule has 0 bridgehead atoms. The van der Waals surface area contributed by atoms with Crippen molar-refractivity contribution in [3.63, 3.8) is 0 Å².